The third-order valence-corrected chi connectivity index (χ3v) is 2.52. The molecule has 0 fully saturated rings. The van der Waals surface area contributed by atoms with Crippen LogP contribution in [-0.4, -0.2) is 41.6 Å². The van der Waals surface area contributed by atoms with Crippen molar-refractivity contribution in [2.75, 3.05) is 19.7 Å². The second-order valence-electron chi connectivity index (χ2n) is 3.84. The van der Waals surface area contributed by atoms with Crippen molar-refractivity contribution in [1.82, 2.24) is 10.4 Å². The van der Waals surface area contributed by atoms with Gasteiger partial charge in [0.05, 0.1) is 6.54 Å². The van der Waals surface area contributed by atoms with Gasteiger partial charge in [-0.3, -0.25) is 14.5 Å². The first-order valence-electron chi connectivity index (χ1n) is 6.01. The van der Waals surface area contributed by atoms with Crippen LogP contribution in [0, 0.1) is 0 Å². The lowest BCUT2D eigenvalue weighted by Crippen LogP contribution is -2.26. The maximum atomic E-state index is 11.5. The summed E-state index contributed by atoms with van der Waals surface area (Å²) in [6.07, 6.45) is 0. The summed E-state index contributed by atoms with van der Waals surface area (Å²) in [7, 11) is 0. The maximum absolute atomic E-state index is 11.5. The van der Waals surface area contributed by atoms with Crippen molar-refractivity contribution in [2.45, 2.75) is 20.4 Å². The average molecular weight is 270 g/mol. The fourth-order valence-electron chi connectivity index (χ4n) is 1.47. The number of amides is 1. The van der Waals surface area contributed by atoms with Crippen LogP contribution in [0.4, 0.5) is 0 Å². The normalized spacial score (nSPS) is 10.7. The second-order valence-corrected chi connectivity index (χ2v) is 3.84. The second kappa shape index (κ2) is 7.55. The molecule has 0 aliphatic rings. The predicted octanol–water partition coefficient (Wildman–Crippen LogP) is 0.867. The van der Waals surface area contributed by atoms with Gasteiger partial charge in [0.2, 0.25) is 0 Å². The molecule has 0 atom stereocenters. The van der Waals surface area contributed by atoms with Crippen LogP contribution in [-0.2, 0) is 16.2 Å². The van der Waals surface area contributed by atoms with E-state index in [9.17, 15) is 9.59 Å². The lowest BCUT2D eigenvalue weighted by atomic mass is 10.4. The molecule has 0 spiro atoms. The summed E-state index contributed by atoms with van der Waals surface area (Å²) in [4.78, 5) is 28.3. The van der Waals surface area contributed by atoms with E-state index in [4.69, 9.17) is 9.52 Å². The van der Waals surface area contributed by atoms with Crippen LogP contribution in [0.2, 0.25) is 0 Å². The Morgan fingerprint density at radius 3 is 2.63 bits per heavy atom. The minimum Gasteiger partial charge on any atom is -0.479 e. The fraction of sp³-hybridized carbons (Fsp3) is 0.500. The van der Waals surface area contributed by atoms with Gasteiger partial charge < -0.3 is 9.52 Å². The monoisotopic (exact) mass is 270 g/mol. The van der Waals surface area contributed by atoms with Crippen molar-refractivity contribution in [3.8, 4) is 0 Å². The molecule has 106 valence electrons. The Labute approximate surface area is 111 Å². The molecule has 1 aromatic heterocycles. The molecule has 19 heavy (non-hydrogen) atoms. The van der Waals surface area contributed by atoms with E-state index in [0.29, 0.717) is 12.3 Å². The molecular weight excluding hydrogens is 252 g/mol. The van der Waals surface area contributed by atoms with Crippen LogP contribution >= 0.6 is 0 Å². The standard InChI is InChI=1S/C12H18N2O5/c1-3-14(4-2)7-9-5-6-10(19-9)12(17)13-18-8-11(15)16/h5-6H,3-4,7-8H2,1-2H3,(H,13,17)(H,15,16). The molecule has 2 N–H and O–H groups in total. The third-order valence-electron chi connectivity index (χ3n) is 2.52. The predicted molar refractivity (Wildman–Crippen MR) is 66.4 cm³/mol. The van der Waals surface area contributed by atoms with Gasteiger partial charge in [-0.05, 0) is 25.2 Å². The molecular formula is C12H18N2O5. The van der Waals surface area contributed by atoms with Gasteiger partial charge in [-0.25, -0.2) is 10.3 Å². The number of furan rings is 1. The van der Waals surface area contributed by atoms with E-state index in [1.807, 2.05) is 19.3 Å². The number of carbonyl (C=O) groups is 2. The first-order chi connectivity index (χ1) is 9.06. The number of carbonyl (C=O) groups excluding carboxylic acids is 1. The van der Waals surface area contributed by atoms with Gasteiger partial charge in [-0.15, -0.1) is 0 Å². The Hall–Kier alpha value is -1.86. The molecule has 0 unspecified atom stereocenters. The van der Waals surface area contributed by atoms with Gasteiger partial charge in [0, 0.05) is 0 Å². The maximum Gasteiger partial charge on any atom is 0.332 e. The Morgan fingerprint density at radius 2 is 2.05 bits per heavy atom. The van der Waals surface area contributed by atoms with Crippen molar-refractivity contribution in [3.63, 3.8) is 0 Å². The molecule has 0 aliphatic carbocycles. The zero-order chi connectivity index (χ0) is 14.3. The number of nitrogens with zero attached hydrogens (tertiary/aromatic N) is 1. The van der Waals surface area contributed by atoms with Crippen LogP contribution in [0.15, 0.2) is 16.5 Å². The molecule has 0 saturated heterocycles. The number of hydrogen-bond donors (Lipinski definition) is 2. The van der Waals surface area contributed by atoms with E-state index in [2.05, 4.69) is 9.74 Å². The summed E-state index contributed by atoms with van der Waals surface area (Å²) in [6.45, 7) is 5.88. The Kier molecular flexibility index (Phi) is 6.04. The summed E-state index contributed by atoms with van der Waals surface area (Å²) in [5, 5.41) is 8.35. The van der Waals surface area contributed by atoms with Crippen LogP contribution in [0.5, 0.6) is 0 Å². The Morgan fingerprint density at radius 1 is 1.37 bits per heavy atom. The molecule has 0 aliphatic heterocycles. The summed E-state index contributed by atoms with van der Waals surface area (Å²) < 4.78 is 5.36. The van der Waals surface area contributed by atoms with E-state index in [-0.39, 0.29) is 5.76 Å². The van der Waals surface area contributed by atoms with Crippen molar-refractivity contribution < 1.29 is 24.0 Å². The van der Waals surface area contributed by atoms with Gasteiger partial charge in [0.25, 0.3) is 0 Å². The lowest BCUT2D eigenvalue weighted by molar-refractivity contribution is -0.144. The van der Waals surface area contributed by atoms with Gasteiger partial charge in [-0.2, -0.15) is 0 Å². The van der Waals surface area contributed by atoms with Gasteiger partial charge in [0.1, 0.15) is 5.76 Å². The average Bonchev–Trinajstić information content (AvgIpc) is 2.84. The highest BCUT2D eigenvalue weighted by atomic mass is 16.7. The van der Waals surface area contributed by atoms with E-state index in [1.165, 1.54) is 6.07 Å². The number of nitrogens with one attached hydrogen (secondary N) is 1. The van der Waals surface area contributed by atoms with E-state index in [0.717, 1.165) is 13.1 Å². The molecule has 1 amide bonds. The van der Waals surface area contributed by atoms with Crippen LogP contribution in [0.1, 0.15) is 30.2 Å². The summed E-state index contributed by atoms with van der Waals surface area (Å²) in [5.74, 6) is -1.01. The molecule has 7 heteroatoms. The molecule has 0 radical (unpaired) electrons. The Bertz CT molecular complexity index is 426. The molecule has 1 aromatic rings. The van der Waals surface area contributed by atoms with Crippen LogP contribution < -0.4 is 5.48 Å². The van der Waals surface area contributed by atoms with Gasteiger partial charge in [-0.1, -0.05) is 13.8 Å². The zero-order valence-corrected chi connectivity index (χ0v) is 11.0. The summed E-state index contributed by atoms with van der Waals surface area (Å²) in [6, 6.07) is 3.24. The quantitative estimate of drug-likeness (QED) is 0.681. The topological polar surface area (TPSA) is 92.0 Å². The number of carboxylic acid groups (broad SMARTS) is 1. The fourth-order valence-corrected chi connectivity index (χ4v) is 1.47. The molecule has 1 rings (SSSR count). The summed E-state index contributed by atoms with van der Waals surface area (Å²) in [5.41, 5.74) is 2.00. The Balaban J connectivity index is 2.49. The van der Waals surface area contributed by atoms with Crippen LogP contribution in [0.3, 0.4) is 0 Å². The highest BCUT2D eigenvalue weighted by molar-refractivity contribution is 5.90. The SMILES string of the molecule is CCN(CC)Cc1ccc(C(=O)NOCC(=O)O)o1. The third kappa shape index (κ3) is 5.11. The highest BCUT2D eigenvalue weighted by Gasteiger charge is 2.13. The number of aliphatic carboxylic acids is 1. The molecule has 0 aromatic carbocycles. The van der Waals surface area contributed by atoms with Crippen molar-refractivity contribution in [1.29, 1.82) is 0 Å². The van der Waals surface area contributed by atoms with Crippen molar-refractivity contribution in [2.24, 2.45) is 0 Å². The smallest absolute Gasteiger partial charge is 0.332 e. The number of carboxylic acids is 1. The van der Waals surface area contributed by atoms with Gasteiger partial charge in [0.15, 0.2) is 12.4 Å². The zero-order valence-electron chi connectivity index (χ0n) is 11.0. The van der Waals surface area contributed by atoms with Crippen molar-refractivity contribution >= 4 is 11.9 Å². The minimum absolute atomic E-state index is 0.0903. The van der Waals surface area contributed by atoms with E-state index >= 15 is 0 Å². The van der Waals surface area contributed by atoms with Crippen LogP contribution in [0.25, 0.3) is 0 Å². The number of rotatable bonds is 8. The molecule has 0 saturated carbocycles. The number of hydroxylamine groups is 1. The minimum atomic E-state index is -1.16. The van der Waals surface area contributed by atoms with Crippen molar-refractivity contribution in [3.05, 3.63) is 23.7 Å². The molecule has 0 bridgehead atoms. The summed E-state index contributed by atoms with van der Waals surface area (Å²) >= 11 is 0. The first-order valence-corrected chi connectivity index (χ1v) is 6.01. The largest absolute Gasteiger partial charge is 0.479 e. The van der Waals surface area contributed by atoms with Gasteiger partial charge >= 0.3 is 11.9 Å². The highest BCUT2D eigenvalue weighted by Crippen LogP contribution is 2.10. The van der Waals surface area contributed by atoms with E-state index < -0.39 is 18.5 Å². The number of hydrogen-bond acceptors (Lipinski definition) is 5. The molecule has 7 nitrogen and oxygen atoms in total. The lowest BCUT2D eigenvalue weighted by Gasteiger charge is -2.15. The first kappa shape index (κ1) is 15.2. The molecule has 1 heterocycles. The van der Waals surface area contributed by atoms with E-state index in [1.54, 1.807) is 6.07 Å².